The van der Waals surface area contributed by atoms with Crippen LogP contribution in [0.4, 0.5) is 0 Å². The Bertz CT molecular complexity index is 206. The summed E-state index contributed by atoms with van der Waals surface area (Å²) in [7, 11) is 0. The van der Waals surface area contributed by atoms with Gasteiger partial charge in [0.05, 0.1) is 5.54 Å². The van der Waals surface area contributed by atoms with E-state index < -0.39 is 5.54 Å². The number of hydrogen-bond donors (Lipinski definition) is 2. The number of amides is 1. The first-order chi connectivity index (χ1) is 7.14. The topological polar surface area (TPSA) is 55.1 Å². The molecule has 0 bridgehead atoms. The molecule has 0 atom stereocenters. The minimum atomic E-state index is -0.470. The Morgan fingerprint density at radius 3 is 2.20 bits per heavy atom. The van der Waals surface area contributed by atoms with Crippen molar-refractivity contribution in [2.75, 3.05) is 0 Å². The zero-order valence-corrected chi connectivity index (χ0v) is 10.0. The van der Waals surface area contributed by atoms with E-state index in [-0.39, 0.29) is 5.91 Å². The van der Waals surface area contributed by atoms with Gasteiger partial charge < -0.3 is 11.1 Å². The van der Waals surface area contributed by atoms with Gasteiger partial charge in [-0.1, -0.05) is 33.1 Å². The molecule has 0 spiro atoms. The fourth-order valence-electron chi connectivity index (χ4n) is 2.51. The van der Waals surface area contributed by atoms with Crippen LogP contribution >= 0.6 is 0 Å². The first-order valence-electron chi connectivity index (χ1n) is 6.22. The number of rotatable bonds is 5. The highest BCUT2D eigenvalue weighted by molar-refractivity contribution is 5.84. The lowest BCUT2D eigenvalue weighted by Crippen LogP contribution is -2.58. The van der Waals surface area contributed by atoms with Crippen LogP contribution in [0.3, 0.4) is 0 Å². The van der Waals surface area contributed by atoms with Crippen LogP contribution in [0.25, 0.3) is 0 Å². The molecule has 1 rings (SSSR count). The standard InChI is InChI=1S/C12H24N2O/c1-3-12(4-2,11(13)15)14-10-8-6-5-7-9-10/h10,14H,3-9H2,1-2H3,(H2,13,15). The van der Waals surface area contributed by atoms with Gasteiger partial charge in [-0.2, -0.15) is 0 Å². The summed E-state index contributed by atoms with van der Waals surface area (Å²) in [5, 5.41) is 3.49. The third-order valence-corrected chi connectivity index (χ3v) is 3.76. The summed E-state index contributed by atoms with van der Waals surface area (Å²) in [5.74, 6) is -0.196. The third-order valence-electron chi connectivity index (χ3n) is 3.76. The maximum absolute atomic E-state index is 11.5. The molecule has 1 saturated carbocycles. The van der Waals surface area contributed by atoms with Crippen LogP contribution in [-0.4, -0.2) is 17.5 Å². The Morgan fingerprint density at radius 1 is 1.27 bits per heavy atom. The molecule has 0 aromatic carbocycles. The average Bonchev–Trinajstić information content (AvgIpc) is 2.27. The van der Waals surface area contributed by atoms with Gasteiger partial charge in [0.15, 0.2) is 0 Å². The Balaban J connectivity index is 2.60. The lowest BCUT2D eigenvalue weighted by Gasteiger charge is -2.35. The van der Waals surface area contributed by atoms with E-state index in [1.165, 1.54) is 32.1 Å². The number of carbonyl (C=O) groups is 1. The van der Waals surface area contributed by atoms with Crippen LogP contribution in [0, 0.1) is 0 Å². The minimum absolute atomic E-state index is 0.196. The van der Waals surface area contributed by atoms with Crippen LogP contribution in [-0.2, 0) is 4.79 Å². The average molecular weight is 212 g/mol. The fraction of sp³-hybridized carbons (Fsp3) is 0.917. The van der Waals surface area contributed by atoms with E-state index in [0.717, 1.165) is 12.8 Å². The second kappa shape index (κ2) is 5.50. The van der Waals surface area contributed by atoms with E-state index in [2.05, 4.69) is 5.32 Å². The Morgan fingerprint density at radius 2 is 1.80 bits per heavy atom. The van der Waals surface area contributed by atoms with E-state index in [4.69, 9.17) is 5.73 Å². The van der Waals surface area contributed by atoms with Gasteiger partial charge in [0.2, 0.25) is 5.91 Å². The fourth-order valence-corrected chi connectivity index (χ4v) is 2.51. The van der Waals surface area contributed by atoms with Gasteiger partial charge in [-0.05, 0) is 25.7 Å². The van der Waals surface area contributed by atoms with Gasteiger partial charge in [0.1, 0.15) is 0 Å². The van der Waals surface area contributed by atoms with E-state index in [1.807, 2.05) is 13.8 Å². The molecule has 0 radical (unpaired) electrons. The molecule has 1 aliphatic carbocycles. The molecule has 3 N–H and O–H groups in total. The van der Waals surface area contributed by atoms with Crippen LogP contribution in [0.15, 0.2) is 0 Å². The molecule has 1 aliphatic rings. The van der Waals surface area contributed by atoms with Crippen LogP contribution in [0.5, 0.6) is 0 Å². The maximum Gasteiger partial charge on any atom is 0.237 e. The predicted molar refractivity (Wildman–Crippen MR) is 62.5 cm³/mol. The van der Waals surface area contributed by atoms with Crippen molar-refractivity contribution in [3.05, 3.63) is 0 Å². The van der Waals surface area contributed by atoms with Crippen molar-refractivity contribution in [2.24, 2.45) is 5.73 Å². The number of hydrogen-bond acceptors (Lipinski definition) is 2. The number of nitrogens with one attached hydrogen (secondary N) is 1. The van der Waals surface area contributed by atoms with Crippen molar-refractivity contribution in [1.29, 1.82) is 0 Å². The van der Waals surface area contributed by atoms with Crippen molar-refractivity contribution in [2.45, 2.75) is 70.4 Å². The van der Waals surface area contributed by atoms with E-state index in [0.29, 0.717) is 6.04 Å². The van der Waals surface area contributed by atoms with Gasteiger partial charge in [-0.3, -0.25) is 4.79 Å². The van der Waals surface area contributed by atoms with Crippen LogP contribution < -0.4 is 11.1 Å². The van der Waals surface area contributed by atoms with E-state index in [9.17, 15) is 4.79 Å². The maximum atomic E-state index is 11.5. The monoisotopic (exact) mass is 212 g/mol. The van der Waals surface area contributed by atoms with Crippen molar-refractivity contribution in [3.8, 4) is 0 Å². The molecule has 0 aliphatic heterocycles. The van der Waals surface area contributed by atoms with E-state index >= 15 is 0 Å². The summed E-state index contributed by atoms with van der Waals surface area (Å²) < 4.78 is 0. The Labute approximate surface area is 92.8 Å². The molecule has 88 valence electrons. The van der Waals surface area contributed by atoms with Gasteiger partial charge in [-0.25, -0.2) is 0 Å². The quantitative estimate of drug-likeness (QED) is 0.732. The minimum Gasteiger partial charge on any atom is -0.368 e. The Kier molecular flexibility index (Phi) is 4.58. The molecule has 0 unspecified atom stereocenters. The molecular weight excluding hydrogens is 188 g/mol. The predicted octanol–water partition coefficient (Wildman–Crippen LogP) is 1.95. The van der Waals surface area contributed by atoms with Gasteiger partial charge in [0.25, 0.3) is 0 Å². The Hall–Kier alpha value is -0.570. The summed E-state index contributed by atoms with van der Waals surface area (Å²) in [5.41, 5.74) is 5.04. The van der Waals surface area contributed by atoms with Crippen molar-refractivity contribution >= 4 is 5.91 Å². The molecule has 3 heteroatoms. The molecular formula is C12H24N2O. The summed E-state index contributed by atoms with van der Waals surface area (Å²) in [6, 6.07) is 0.492. The van der Waals surface area contributed by atoms with Crippen LogP contribution in [0.2, 0.25) is 0 Å². The lowest BCUT2D eigenvalue weighted by atomic mass is 9.87. The zero-order chi connectivity index (χ0) is 11.3. The summed E-state index contributed by atoms with van der Waals surface area (Å²) >= 11 is 0. The highest BCUT2D eigenvalue weighted by Gasteiger charge is 2.34. The largest absolute Gasteiger partial charge is 0.368 e. The summed E-state index contributed by atoms with van der Waals surface area (Å²) in [6.45, 7) is 4.06. The van der Waals surface area contributed by atoms with Crippen molar-refractivity contribution in [1.82, 2.24) is 5.32 Å². The third kappa shape index (κ3) is 2.94. The SMILES string of the molecule is CCC(CC)(NC1CCCCC1)C(N)=O. The number of primary amides is 1. The van der Waals surface area contributed by atoms with Gasteiger partial charge >= 0.3 is 0 Å². The highest BCUT2D eigenvalue weighted by atomic mass is 16.1. The molecule has 0 aromatic rings. The number of nitrogens with two attached hydrogens (primary N) is 1. The first kappa shape index (κ1) is 12.5. The van der Waals surface area contributed by atoms with Crippen LogP contribution in [0.1, 0.15) is 58.8 Å². The normalized spacial score (nSPS) is 19.1. The first-order valence-corrected chi connectivity index (χ1v) is 6.22. The molecule has 3 nitrogen and oxygen atoms in total. The van der Waals surface area contributed by atoms with Gasteiger partial charge in [0, 0.05) is 6.04 Å². The highest BCUT2D eigenvalue weighted by Crippen LogP contribution is 2.23. The second-order valence-electron chi connectivity index (χ2n) is 4.63. The molecule has 15 heavy (non-hydrogen) atoms. The molecule has 1 amide bonds. The summed E-state index contributed by atoms with van der Waals surface area (Å²) in [4.78, 5) is 11.5. The zero-order valence-electron chi connectivity index (χ0n) is 10.0. The summed E-state index contributed by atoms with van der Waals surface area (Å²) in [6.07, 6.45) is 7.84. The number of carbonyl (C=O) groups excluding carboxylic acids is 1. The molecule has 0 saturated heterocycles. The smallest absolute Gasteiger partial charge is 0.237 e. The van der Waals surface area contributed by atoms with Gasteiger partial charge in [-0.15, -0.1) is 0 Å². The van der Waals surface area contributed by atoms with E-state index in [1.54, 1.807) is 0 Å². The molecule has 0 aromatic heterocycles. The molecule has 1 fully saturated rings. The molecule has 0 heterocycles. The second-order valence-corrected chi connectivity index (χ2v) is 4.63. The van der Waals surface area contributed by atoms with Crippen molar-refractivity contribution < 1.29 is 4.79 Å². The lowest BCUT2D eigenvalue weighted by molar-refractivity contribution is -0.125. The van der Waals surface area contributed by atoms with Crippen molar-refractivity contribution in [3.63, 3.8) is 0 Å².